The van der Waals surface area contributed by atoms with Gasteiger partial charge in [0.05, 0.1) is 0 Å². The Kier molecular flexibility index (Phi) is 9.55. The van der Waals surface area contributed by atoms with Gasteiger partial charge >= 0.3 is 0 Å². The highest BCUT2D eigenvalue weighted by Crippen LogP contribution is 2.57. The Morgan fingerprint density at radius 1 is 0.432 bits per heavy atom. The van der Waals surface area contributed by atoms with E-state index in [-0.39, 0.29) is 11.5 Å². The molecular formula is C27H16Br8O2. The smallest absolute Gasteiger partial charge is 0.115 e. The van der Waals surface area contributed by atoms with Gasteiger partial charge in [0.15, 0.2) is 0 Å². The van der Waals surface area contributed by atoms with Gasteiger partial charge in [-0.3, -0.25) is 0 Å². The van der Waals surface area contributed by atoms with E-state index in [9.17, 15) is 10.2 Å². The summed E-state index contributed by atoms with van der Waals surface area (Å²) in [5, 5.41) is 19.9. The zero-order valence-electron chi connectivity index (χ0n) is 19.0. The number of aromatic hydroxyl groups is 2. The highest BCUT2D eigenvalue weighted by atomic mass is 79.9. The molecule has 4 aromatic carbocycles. The van der Waals surface area contributed by atoms with Crippen molar-refractivity contribution in [2.45, 2.75) is 19.3 Å². The molecular weight excluding hydrogens is 996 g/mol. The highest BCUT2D eigenvalue weighted by Gasteiger charge is 2.38. The van der Waals surface area contributed by atoms with Crippen molar-refractivity contribution in [3.8, 4) is 33.8 Å². The van der Waals surface area contributed by atoms with Crippen molar-refractivity contribution in [2.24, 2.45) is 0 Å². The average molecular weight is 1010 g/mol. The average Bonchev–Trinajstić information content (AvgIpc) is 2.86. The maximum absolute atomic E-state index is 9.96. The lowest BCUT2D eigenvalue weighted by atomic mass is 9.72. The molecule has 0 aliphatic heterocycles. The normalized spacial score (nSPS) is 11.7. The maximum Gasteiger partial charge on any atom is 0.115 e. The van der Waals surface area contributed by atoms with Gasteiger partial charge in [-0.2, -0.15) is 0 Å². The lowest BCUT2D eigenvalue weighted by molar-refractivity contribution is 0.475. The van der Waals surface area contributed by atoms with Crippen molar-refractivity contribution in [3.63, 3.8) is 0 Å². The molecule has 0 aromatic heterocycles. The first kappa shape index (κ1) is 30.3. The van der Waals surface area contributed by atoms with Gasteiger partial charge in [0, 0.05) is 52.3 Å². The number of rotatable bonds is 4. The van der Waals surface area contributed by atoms with E-state index in [1.165, 1.54) is 0 Å². The van der Waals surface area contributed by atoms with Crippen LogP contribution < -0.4 is 0 Å². The van der Waals surface area contributed by atoms with E-state index in [0.29, 0.717) is 0 Å². The lowest BCUT2D eigenvalue weighted by Crippen LogP contribution is -2.24. The molecule has 37 heavy (non-hydrogen) atoms. The van der Waals surface area contributed by atoms with E-state index >= 15 is 0 Å². The third-order valence-corrected chi connectivity index (χ3v) is 15.6. The van der Waals surface area contributed by atoms with Crippen molar-refractivity contribution in [2.75, 3.05) is 0 Å². The van der Waals surface area contributed by atoms with Crippen LogP contribution in [0.4, 0.5) is 0 Å². The molecule has 0 saturated heterocycles. The quantitative estimate of drug-likeness (QED) is 0.158. The summed E-state index contributed by atoms with van der Waals surface area (Å²) in [5.74, 6) is 0.406. The summed E-state index contributed by atoms with van der Waals surface area (Å²) in [6.45, 7) is 4.36. The maximum atomic E-state index is 9.96. The van der Waals surface area contributed by atoms with Crippen molar-refractivity contribution in [3.05, 3.63) is 95.4 Å². The molecule has 0 bridgehead atoms. The molecule has 0 amide bonds. The van der Waals surface area contributed by atoms with Gasteiger partial charge in [0.1, 0.15) is 11.5 Å². The zero-order chi connectivity index (χ0) is 27.4. The summed E-state index contributed by atoms with van der Waals surface area (Å²) < 4.78 is 7.06. The molecule has 0 unspecified atom stereocenters. The second kappa shape index (κ2) is 11.7. The van der Waals surface area contributed by atoms with Crippen LogP contribution in [0.1, 0.15) is 25.0 Å². The topological polar surface area (TPSA) is 40.5 Å². The summed E-state index contributed by atoms with van der Waals surface area (Å²) in [7, 11) is 0. The van der Waals surface area contributed by atoms with Crippen LogP contribution in [0.3, 0.4) is 0 Å². The second-order valence-corrected chi connectivity index (χ2v) is 15.1. The first-order chi connectivity index (χ1) is 17.3. The molecule has 0 atom stereocenters. The number of benzene rings is 4. The largest absolute Gasteiger partial charge is 0.508 e. The summed E-state index contributed by atoms with van der Waals surface area (Å²) in [4.78, 5) is 0. The fourth-order valence-corrected chi connectivity index (χ4v) is 10.0. The van der Waals surface area contributed by atoms with Crippen LogP contribution in [0.2, 0.25) is 0 Å². The number of hydrogen-bond acceptors (Lipinski definition) is 2. The van der Waals surface area contributed by atoms with Crippen LogP contribution in [0, 0.1) is 0 Å². The van der Waals surface area contributed by atoms with Crippen LogP contribution in [0.5, 0.6) is 11.5 Å². The molecule has 0 spiro atoms. The standard InChI is InChI=1S/C27H16Br8O2/c1-27(2,17-15(11-3-7-13(36)8-4-11)19(28)23(32)25(34)21(17)30)18-16(12-5-9-14(37)10-6-12)20(29)24(33)26(35)22(18)31/h3-10,36-37H,1-2H3. The van der Waals surface area contributed by atoms with Crippen LogP contribution in [-0.4, -0.2) is 10.2 Å². The fraction of sp³-hybridized carbons (Fsp3) is 0.111. The van der Waals surface area contributed by atoms with Crippen LogP contribution in [0.25, 0.3) is 22.3 Å². The molecule has 2 N–H and O–H groups in total. The van der Waals surface area contributed by atoms with Gasteiger partial charge in [0.2, 0.25) is 0 Å². The molecule has 4 aromatic rings. The van der Waals surface area contributed by atoms with Crippen LogP contribution in [0.15, 0.2) is 84.3 Å². The SMILES string of the molecule is CC(C)(c1c(Br)c(Br)c(Br)c(Br)c1-c1ccc(O)cc1)c1c(Br)c(Br)c(Br)c(Br)c1-c1ccc(O)cc1. The third-order valence-electron chi connectivity index (χ3n) is 6.10. The minimum Gasteiger partial charge on any atom is -0.508 e. The summed E-state index contributed by atoms with van der Waals surface area (Å²) in [5.41, 5.74) is 5.31. The minimum absolute atomic E-state index is 0.203. The number of halogens is 8. The second-order valence-electron chi connectivity index (χ2n) is 8.73. The van der Waals surface area contributed by atoms with Gasteiger partial charge in [-0.25, -0.2) is 0 Å². The predicted octanol–water partition coefficient (Wildman–Crippen LogP) is 12.9. The van der Waals surface area contributed by atoms with Crippen molar-refractivity contribution < 1.29 is 10.2 Å². The fourth-order valence-electron chi connectivity index (χ4n) is 4.36. The Labute approximate surface area is 282 Å². The predicted molar refractivity (Wildman–Crippen MR) is 181 cm³/mol. The van der Waals surface area contributed by atoms with Crippen molar-refractivity contribution in [1.82, 2.24) is 0 Å². The molecule has 2 nitrogen and oxygen atoms in total. The first-order valence-corrected chi connectivity index (χ1v) is 16.9. The minimum atomic E-state index is -0.588. The summed E-state index contributed by atoms with van der Waals surface area (Å²) in [6.07, 6.45) is 0. The highest BCUT2D eigenvalue weighted by molar-refractivity contribution is 9.15. The van der Waals surface area contributed by atoms with E-state index in [1.807, 2.05) is 24.3 Å². The van der Waals surface area contributed by atoms with Crippen molar-refractivity contribution >= 4 is 127 Å². The van der Waals surface area contributed by atoms with E-state index < -0.39 is 5.41 Å². The lowest BCUT2D eigenvalue weighted by Gasteiger charge is -2.35. The Hall–Kier alpha value is 0.320. The Morgan fingerprint density at radius 2 is 0.703 bits per heavy atom. The molecule has 0 aliphatic carbocycles. The molecule has 0 saturated carbocycles. The van der Waals surface area contributed by atoms with E-state index in [2.05, 4.69) is 141 Å². The van der Waals surface area contributed by atoms with E-state index in [1.54, 1.807) is 24.3 Å². The Morgan fingerprint density at radius 3 is 1.00 bits per heavy atom. The van der Waals surface area contributed by atoms with Crippen LogP contribution in [-0.2, 0) is 5.41 Å². The van der Waals surface area contributed by atoms with Crippen molar-refractivity contribution in [1.29, 1.82) is 0 Å². The molecule has 0 aliphatic rings. The first-order valence-electron chi connectivity index (χ1n) is 10.6. The molecule has 0 radical (unpaired) electrons. The molecule has 4 rings (SSSR count). The molecule has 0 heterocycles. The summed E-state index contributed by atoms with van der Waals surface area (Å²) in [6, 6.07) is 14.4. The van der Waals surface area contributed by atoms with Gasteiger partial charge in [-0.05, 0) is 174 Å². The zero-order valence-corrected chi connectivity index (χ0v) is 31.7. The van der Waals surface area contributed by atoms with Gasteiger partial charge in [0.25, 0.3) is 0 Å². The van der Waals surface area contributed by atoms with Gasteiger partial charge in [-0.15, -0.1) is 0 Å². The molecule has 192 valence electrons. The monoisotopic (exact) mass is 1000 g/mol. The van der Waals surface area contributed by atoms with Gasteiger partial charge < -0.3 is 10.2 Å². The van der Waals surface area contributed by atoms with E-state index in [0.717, 1.165) is 69.2 Å². The number of hydrogen-bond donors (Lipinski definition) is 2. The summed E-state index contributed by atoms with van der Waals surface area (Å²) >= 11 is 30.5. The third kappa shape index (κ3) is 5.48. The Balaban J connectivity index is 2.18. The van der Waals surface area contributed by atoms with E-state index in [4.69, 9.17) is 0 Å². The van der Waals surface area contributed by atoms with Crippen LogP contribution >= 0.6 is 127 Å². The molecule has 0 fully saturated rings. The molecule has 10 heteroatoms. The Bertz CT molecular complexity index is 1410. The number of phenolic OH excluding ortho intramolecular Hbond substituents is 2. The van der Waals surface area contributed by atoms with Gasteiger partial charge in [-0.1, -0.05) is 38.1 Å². The number of phenols is 2.